The van der Waals surface area contributed by atoms with E-state index in [1.54, 1.807) is 24.4 Å². The average Bonchev–Trinajstić information content (AvgIpc) is 3.21. The van der Waals surface area contributed by atoms with E-state index < -0.39 is 11.9 Å². The molecule has 1 saturated heterocycles. The van der Waals surface area contributed by atoms with Crippen molar-refractivity contribution in [1.29, 1.82) is 0 Å². The van der Waals surface area contributed by atoms with Crippen LogP contribution in [0.5, 0.6) is 5.75 Å². The molecule has 7 heteroatoms. The smallest absolute Gasteiger partial charge is 0.308 e. The van der Waals surface area contributed by atoms with E-state index in [0.717, 1.165) is 5.56 Å². The number of likely N-dealkylation sites (tertiary alicyclic amines) is 1. The van der Waals surface area contributed by atoms with E-state index in [9.17, 15) is 14.7 Å². The number of methoxy groups -OCH3 is 1. The minimum Gasteiger partial charge on any atom is -0.497 e. The third-order valence-electron chi connectivity index (χ3n) is 4.39. The number of hydrogen-bond donors (Lipinski definition) is 1. The van der Waals surface area contributed by atoms with Crippen molar-refractivity contribution >= 4 is 23.2 Å². The highest BCUT2D eigenvalue weighted by molar-refractivity contribution is 7.11. The summed E-state index contributed by atoms with van der Waals surface area (Å²) in [5, 5.41) is 9.58. The van der Waals surface area contributed by atoms with Crippen LogP contribution in [0.2, 0.25) is 0 Å². The molecule has 0 aliphatic carbocycles. The fraction of sp³-hybridized carbons (Fsp3) is 0.353. The van der Waals surface area contributed by atoms with Crippen LogP contribution in [0.1, 0.15) is 26.8 Å². The molecule has 1 N–H and O–H groups in total. The molecule has 0 bridgehead atoms. The van der Waals surface area contributed by atoms with Crippen LogP contribution < -0.4 is 4.74 Å². The summed E-state index contributed by atoms with van der Waals surface area (Å²) in [7, 11) is 1.57. The number of amides is 1. The Balaban J connectivity index is 1.88. The molecular weight excluding hydrogens is 328 g/mol. The van der Waals surface area contributed by atoms with Gasteiger partial charge in [0.05, 0.1) is 24.2 Å². The van der Waals surface area contributed by atoms with Gasteiger partial charge in [0.1, 0.15) is 10.6 Å². The Kier molecular flexibility index (Phi) is 4.53. The topological polar surface area (TPSA) is 79.7 Å². The highest BCUT2D eigenvalue weighted by Gasteiger charge is 2.41. The maximum atomic E-state index is 12.7. The number of carbonyl (C=O) groups is 2. The largest absolute Gasteiger partial charge is 0.497 e. The van der Waals surface area contributed by atoms with Crippen molar-refractivity contribution in [3.8, 4) is 5.75 Å². The number of carboxylic acid groups (broad SMARTS) is 1. The van der Waals surface area contributed by atoms with Gasteiger partial charge in [0.15, 0.2) is 0 Å². The molecule has 126 valence electrons. The van der Waals surface area contributed by atoms with Gasteiger partial charge >= 0.3 is 5.97 Å². The Labute approximate surface area is 143 Å². The predicted octanol–water partition coefficient (Wildman–Crippen LogP) is 2.40. The molecule has 0 saturated carbocycles. The quantitative estimate of drug-likeness (QED) is 0.919. The molecule has 2 atom stereocenters. The van der Waals surface area contributed by atoms with E-state index in [-0.39, 0.29) is 18.4 Å². The summed E-state index contributed by atoms with van der Waals surface area (Å²) >= 11 is 1.29. The van der Waals surface area contributed by atoms with Gasteiger partial charge in [-0.15, -0.1) is 11.3 Å². The lowest BCUT2D eigenvalue weighted by Gasteiger charge is -2.16. The van der Waals surface area contributed by atoms with Crippen LogP contribution in [0.4, 0.5) is 0 Å². The first-order valence-electron chi connectivity index (χ1n) is 7.57. The number of nitrogens with zero attached hydrogens (tertiary/aromatic N) is 2. The lowest BCUT2D eigenvalue weighted by atomic mass is 9.89. The molecule has 3 rings (SSSR count). The van der Waals surface area contributed by atoms with E-state index in [0.29, 0.717) is 22.9 Å². The Hall–Kier alpha value is -2.41. The van der Waals surface area contributed by atoms with Crippen molar-refractivity contribution in [2.24, 2.45) is 5.92 Å². The SMILES string of the molecule is COc1cccc([C@H]2CN(C(=O)c3scnc3C)C[C@@H]2C(=O)O)c1. The minimum absolute atomic E-state index is 0.147. The molecule has 24 heavy (non-hydrogen) atoms. The van der Waals surface area contributed by atoms with Crippen LogP contribution >= 0.6 is 11.3 Å². The molecule has 2 aromatic rings. The minimum atomic E-state index is -0.890. The lowest BCUT2D eigenvalue weighted by molar-refractivity contribution is -0.141. The number of hydrogen-bond acceptors (Lipinski definition) is 5. The van der Waals surface area contributed by atoms with Gasteiger partial charge in [0.25, 0.3) is 5.91 Å². The molecule has 0 radical (unpaired) electrons. The molecule has 1 fully saturated rings. The zero-order chi connectivity index (χ0) is 17.3. The third-order valence-corrected chi connectivity index (χ3v) is 5.30. The Morgan fingerprint density at radius 3 is 2.79 bits per heavy atom. The molecule has 1 amide bonds. The van der Waals surface area contributed by atoms with Gasteiger partial charge in [-0.1, -0.05) is 12.1 Å². The zero-order valence-electron chi connectivity index (χ0n) is 13.4. The van der Waals surface area contributed by atoms with Gasteiger partial charge in [-0.2, -0.15) is 0 Å². The second-order valence-electron chi connectivity index (χ2n) is 5.80. The molecule has 0 unspecified atom stereocenters. The molecule has 1 aliphatic rings. The number of thiazole rings is 1. The van der Waals surface area contributed by atoms with E-state index in [2.05, 4.69) is 4.98 Å². The van der Waals surface area contributed by atoms with Crippen LogP contribution in [-0.2, 0) is 4.79 Å². The molecule has 1 aliphatic heterocycles. The first-order chi connectivity index (χ1) is 11.5. The number of carbonyl (C=O) groups excluding carboxylic acids is 1. The van der Waals surface area contributed by atoms with E-state index in [1.807, 2.05) is 24.3 Å². The van der Waals surface area contributed by atoms with Gasteiger partial charge in [-0.05, 0) is 24.6 Å². The maximum Gasteiger partial charge on any atom is 0.308 e. The molecule has 6 nitrogen and oxygen atoms in total. The summed E-state index contributed by atoms with van der Waals surface area (Å²) in [4.78, 5) is 30.6. The Bertz CT molecular complexity index is 773. The number of aliphatic carboxylic acids is 1. The van der Waals surface area contributed by atoms with E-state index in [1.165, 1.54) is 11.3 Å². The van der Waals surface area contributed by atoms with E-state index >= 15 is 0 Å². The third kappa shape index (κ3) is 2.99. The van der Waals surface area contributed by atoms with Gasteiger partial charge in [0.2, 0.25) is 0 Å². The number of benzene rings is 1. The van der Waals surface area contributed by atoms with Crippen LogP contribution in [-0.4, -0.2) is 47.1 Å². The average molecular weight is 346 g/mol. The highest BCUT2D eigenvalue weighted by atomic mass is 32.1. The van der Waals surface area contributed by atoms with Crippen molar-refractivity contribution in [3.05, 3.63) is 45.9 Å². The molecule has 0 spiro atoms. The lowest BCUT2D eigenvalue weighted by Crippen LogP contribution is -2.29. The summed E-state index contributed by atoms with van der Waals surface area (Å²) in [5.41, 5.74) is 3.19. The molecule has 2 heterocycles. The predicted molar refractivity (Wildman–Crippen MR) is 89.6 cm³/mol. The van der Waals surface area contributed by atoms with Crippen molar-refractivity contribution < 1.29 is 19.4 Å². The van der Waals surface area contributed by atoms with Crippen molar-refractivity contribution in [2.75, 3.05) is 20.2 Å². The monoisotopic (exact) mass is 346 g/mol. The van der Waals surface area contributed by atoms with Crippen LogP contribution in [0.3, 0.4) is 0 Å². The number of aryl methyl sites for hydroxylation is 1. The highest BCUT2D eigenvalue weighted by Crippen LogP contribution is 2.35. The summed E-state index contributed by atoms with van der Waals surface area (Å²) in [6.45, 7) is 2.36. The van der Waals surface area contributed by atoms with Gasteiger partial charge in [-0.3, -0.25) is 9.59 Å². The summed E-state index contributed by atoms with van der Waals surface area (Å²) in [5.74, 6) is -1.24. The number of rotatable bonds is 4. The zero-order valence-corrected chi connectivity index (χ0v) is 14.2. The van der Waals surface area contributed by atoms with Gasteiger partial charge in [-0.25, -0.2) is 4.98 Å². The molecule has 1 aromatic heterocycles. The van der Waals surface area contributed by atoms with E-state index in [4.69, 9.17) is 4.74 Å². The van der Waals surface area contributed by atoms with Gasteiger partial charge < -0.3 is 14.7 Å². The van der Waals surface area contributed by atoms with Crippen LogP contribution in [0.25, 0.3) is 0 Å². The number of aromatic nitrogens is 1. The van der Waals surface area contributed by atoms with Crippen molar-refractivity contribution in [3.63, 3.8) is 0 Å². The summed E-state index contributed by atoms with van der Waals surface area (Å²) in [6, 6.07) is 7.38. The summed E-state index contributed by atoms with van der Waals surface area (Å²) in [6.07, 6.45) is 0. The first-order valence-corrected chi connectivity index (χ1v) is 8.45. The Morgan fingerprint density at radius 1 is 1.38 bits per heavy atom. The Morgan fingerprint density at radius 2 is 2.17 bits per heavy atom. The first kappa shape index (κ1) is 16.4. The number of carboxylic acids is 1. The molecular formula is C17H18N2O4S. The van der Waals surface area contributed by atoms with Crippen LogP contribution in [0, 0.1) is 12.8 Å². The molecule has 1 aromatic carbocycles. The maximum absolute atomic E-state index is 12.7. The standard InChI is InChI=1S/C17H18N2O4S/c1-10-15(24-9-18-10)16(20)19-7-13(14(8-19)17(21)22)11-4-3-5-12(6-11)23-2/h3-6,9,13-14H,7-8H2,1-2H3,(H,21,22)/t13-,14+/m1/s1. The van der Waals surface area contributed by atoms with Gasteiger partial charge in [0, 0.05) is 19.0 Å². The van der Waals surface area contributed by atoms with Crippen molar-refractivity contribution in [2.45, 2.75) is 12.8 Å². The summed E-state index contributed by atoms with van der Waals surface area (Å²) < 4.78 is 5.22. The fourth-order valence-electron chi connectivity index (χ4n) is 3.08. The fourth-order valence-corrected chi connectivity index (χ4v) is 3.85. The normalized spacial score (nSPS) is 20.2. The second kappa shape index (κ2) is 6.60. The van der Waals surface area contributed by atoms with Crippen molar-refractivity contribution in [1.82, 2.24) is 9.88 Å². The second-order valence-corrected chi connectivity index (χ2v) is 6.66. The number of ether oxygens (including phenoxy) is 1. The van der Waals surface area contributed by atoms with Crippen LogP contribution in [0.15, 0.2) is 29.8 Å².